The second kappa shape index (κ2) is 10.5. The van der Waals surface area contributed by atoms with Crippen molar-refractivity contribution < 1.29 is 4.74 Å². The molecule has 0 amide bonds. The molecule has 0 spiro atoms. The summed E-state index contributed by atoms with van der Waals surface area (Å²) in [5, 5.41) is 14.7. The van der Waals surface area contributed by atoms with Crippen LogP contribution in [0.3, 0.4) is 0 Å². The van der Waals surface area contributed by atoms with E-state index in [1.807, 2.05) is 72.8 Å². The molecule has 0 atom stereocenters. The van der Waals surface area contributed by atoms with Crippen LogP contribution in [-0.4, -0.2) is 21.1 Å². The Bertz CT molecular complexity index is 1200. The van der Waals surface area contributed by atoms with Gasteiger partial charge in [0.2, 0.25) is 5.16 Å². The Morgan fingerprint density at radius 3 is 2.71 bits per heavy atom. The average molecular weight is 469 g/mol. The van der Waals surface area contributed by atoms with Crippen LogP contribution in [0.1, 0.15) is 16.7 Å². The van der Waals surface area contributed by atoms with Crippen LogP contribution in [0.25, 0.3) is 0 Å². The van der Waals surface area contributed by atoms with Gasteiger partial charge >= 0.3 is 0 Å². The lowest BCUT2D eigenvalue weighted by atomic mass is 10.2. The maximum absolute atomic E-state index is 6.24. The zero-order valence-corrected chi connectivity index (χ0v) is 18.7. The predicted octanol–water partition coefficient (Wildman–Crippen LogP) is 6.34. The van der Waals surface area contributed by atoms with Gasteiger partial charge in [0.15, 0.2) is 0 Å². The van der Waals surface area contributed by atoms with Gasteiger partial charge in [-0.05, 0) is 41.5 Å². The zero-order valence-electron chi connectivity index (χ0n) is 16.4. The normalized spacial score (nSPS) is 11.2. The molecule has 156 valence electrons. The number of hydrogen-bond acceptors (Lipinski definition) is 5. The summed E-state index contributed by atoms with van der Waals surface area (Å²) < 4.78 is 7.62. The van der Waals surface area contributed by atoms with Crippen LogP contribution < -0.4 is 4.74 Å². The van der Waals surface area contributed by atoms with Gasteiger partial charge in [-0.2, -0.15) is 9.78 Å². The molecule has 1 heterocycles. The maximum atomic E-state index is 6.24. The number of thioether (sulfide) groups is 1. The third-order valence-corrected chi connectivity index (χ3v) is 5.92. The van der Waals surface area contributed by atoms with E-state index in [0.717, 1.165) is 27.5 Å². The van der Waals surface area contributed by atoms with E-state index in [0.29, 0.717) is 22.5 Å². The molecule has 5 nitrogen and oxygen atoms in total. The van der Waals surface area contributed by atoms with Crippen LogP contribution in [-0.2, 0) is 12.4 Å². The van der Waals surface area contributed by atoms with Gasteiger partial charge in [-0.3, -0.25) is 0 Å². The molecule has 0 fully saturated rings. The first-order valence-corrected chi connectivity index (χ1v) is 11.2. The summed E-state index contributed by atoms with van der Waals surface area (Å²) in [6.45, 7) is 0.414. The lowest BCUT2D eigenvalue weighted by Crippen LogP contribution is -1.99. The highest BCUT2D eigenvalue weighted by Crippen LogP contribution is 2.25. The van der Waals surface area contributed by atoms with Crippen molar-refractivity contribution in [2.24, 2.45) is 5.10 Å². The van der Waals surface area contributed by atoms with Crippen molar-refractivity contribution in [2.45, 2.75) is 17.5 Å². The number of rotatable bonds is 8. The number of aromatic nitrogens is 3. The van der Waals surface area contributed by atoms with Crippen molar-refractivity contribution in [3.8, 4) is 5.75 Å². The molecule has 0 N–H and O–H groups in total. The van der Waals surface area contributed by atoms with Crippen LogP contribution in [0.4, 0.5) is 0 Å². The topological polar surface area (TPSA) is 52.3 Å². The largest absolute Gasteiger partial charge is 0.488 e. The van der Waals surface area contributed by atoms with Gasteiger partial charge in [-0.15, -0.1) is 10.2 Å². The number of hydrogen-bond donors (Lipinski definition) is 0. The van der Waals surface area contributed by atoms with Gasteiger partial charge < -0.3 is 4.74 Å². The SMILES string of the molecule is Clc1cccc(COc2ccccc2/C=N/n2cnnc2SCc2ccccc2Cl)c1. The Kier molecular flexibility index (Phi) is 7.25. The van der Waals surface area contributed by atoms with Crippen molar-refractivity contribution in [1.29, 1.82) is 0 Å². The molecule has 3 aromatic carbocycles. The van der Waals surface area contributed by atoms with Crippen molar-refractivity contribution in [2.75, 3.05) is 0 Å². The van der Waals surface area contributed by atoms with Gasteiger partial charge in [0.1, 0.15) is 18.7 Å². The van der Waals surface area contributed by atoms with E-state index in [1.54, 1.807) is 17.2 Å². The van der Waals surface area contributed by atoms with Gasteiger partial charge in [-0.25, -0.2) is 0 Å². The predicted molar refractivity (Wildman–Crippen MR) is 126 cm³/mol. The molecule has 0 unspecified atom stereocenters. The van der Waals surface area contributed by atoms with Crippen LogP contribution in [0.5, 0.6) is 5.75 Å². The fourth-order valence-electron chi connectivity index (χ4n) is 2.78. The third-order valence-electron chi connectivity index (χ3n) is 4.34. The number of para-hydroxylation sites is 1. The fraction of sp³-hybridized carbons (Fsp3) is 0.0870. The lowest BCUT2D eigenvalue weighted by molar-refractivity contribution is 0.306. The fourth-order valence-corrected chi connectivity index (χ4v) is 4.14. The molecule has 1 aromatic heterocycles. The van der Waals surface area contributed by atoms with Crippen molar-refractivity contribution >= 4 is 41.2 Å². The monoisotopic (exact) mass is 468 g/mol. The highest BCUT2D eigenvalue weighted by molar-refractivity contribution is 7.98. The standard InChI is InChI=1S/C23H18Cl2N4OS/c24-20-9-5-6-17(12-20)14-30-22-11-4-2-7-18(22)13-27-29-16-26-28-23(29)31-15-19-8-1-3-10-21(19)25/h1-13,16H,14-15H2/b27-13+. The average Bonchev–Trinajstić information content (AvgIpc) is 3.24. The Morgan fingerprint density at radius 1 is 1.00 bits per heavy atom. The molecule has 0 bridgehead atoms. The summed E-state index contributed by atoms with van der Waals surface area (Å²) >= 11 is 13.8. The summed E-state index contributed by atoms with van der Waals surface area (Å²) in [5.74, 6) is 1.40. The molecule has 4 rings (SSSR count). The molecule has 0 radical (unpaired) electrons. The van der Waals surface area contributed by atoms with E-state index in [-0.39, 0.29) is 0 Å². The first kappa shape index (κ1) is 21.4. The molecule has 8 heteroatoms. The molecule has 0 saturated carbocycles. The van der Waals surface area contributed by atoms with E-state index < -0.39 is 0 Å². The highest BCUT2D eigenvalue weighted by atomic mass is 35.5. The summed E-state index contributed by atoms with van der Waals surface area (Å²) in [4.78, 5) is 0. The number of benzene rings is 3. The minimum absolute atomic E-state index is 0.414. The van der Waals surface area contributed by atoms with Gasteiger partial charge in [-0.1, -0.05) is 77.4 Å². The first-order chi connectivity index (χ1) is 15.2. The second-order valence-electron chi connectivity index (χ2n) is 6.54. The van der Waals surface area contributed by atoms with Crippen LogP contribution in [0, 0.1) is 0 Å². The quantitative estimate of drug-likeness (QED) is 0.223. The van der Waals surface area contributed by atoms with Gasteiger partial charge in [0, 0.05) is 21.4 Å². The Labute approximate surface area is 194 Å². The summed E-state index contributed by atoms with van der Waals surface area (Å²) in [6, 6.07) is 23.1. The van der Waals surface area contributed by atoms with Crippen LogP contribution >= 0.6 is 35.0 Å². The van der Waals surface area contributed by atoms with E-state index in [1.165, 1.54) is 11.8 Å². The van der Waals surface area contributed by atoms with E-state index in [4.69, 9.17) is 27.9 Å². The Hall–Kier alpha value is -2.80. The second-order valence-corrected chi connectivity index (χ2v) is 8.33. The van der Waals surface area contributed by atoms with E-state index in [9.17, 15) is 0 Å². The Balaban J connectivity index is 1.45. The van der Waals surface area contributed by atoms with Crippen molar-refractivity contribution in [3.63, 3.8) is 0 Å². The first-order valence-electron chi connectivity index (χ1n) is 9.46. The molecule has 31 heavy (non-hydrogen) atoms. The maximum Gasteiger partial charge on any atom is 0.212 e. The molecule has 4 aromatic rings. The molecular formula is C23H18Cl2N4OS. The van der Waals surface area contributed by atoms with Gasteiger partial charge in [0.25, 0.3) is 0 Å². The van der Waals surface area contributed by atoms with Crippen LogP contribution in [0.15, 0.2) is 89.4 Å². The van der Waals surface area contributed by atoms with E-state index in [2.05, 4.69) is 15.3 Å². The molecule has 0 aliphatic rings. The molecule has 0 saturated heterocycles. The minimum atomic E-state index is 0.414. The molecule has 0 aliphatic heterocycles. The smallest absolute Gasteiger partial charge is 0.212 e. The third kappa shape index (κ3) is 5.88. The summed E-state index contributed by atoms with van der Waals surface area (Å²) in [6.07, 6.45) is 3.30. The minimum Gasteiger partial charge on any atom is -0.488 e. The Morgan fingerprint density at radius 2 is 1.84 bits per heavy atom. The van der Waals surface area contributed by atoms with Gasteiger partial charge in [0.05, 0.1) is 6.21 Å². The zero-order chi connectivity index (χ0) is 21.5. The molecular weight excluding hydrogens is 451 g/mol. The highest BCUT2D eigenvalue weighted by Gasteiger charge is 2.07. The van der Waals surface area contributed by atoms with E-state index >= 15 is 0 Å². The molecule has 0 aliphatic carbocycles. The number of nitrogens with zero attached hydrogens (tertiary/aromatic N) is 4. The lowest BCUT2D eigenvalue weighted by Gasteiger charge is -2.09. The van der Waals surface area contributed by atoms with Crippen molar-refractivity contribution in [1.82, 2.24) is 14.9 Å². The number of ether oxygens (including phenoxy) is 1. The number of halogens is 2. The van der Waals surface area contributed by atoms with Crippen LogP contribution in [0.2, 0.25) is 10.0 Å². The van der Waals surface area contributed by atoms with Crippen molar-refractivity contribution in [3.05, 3.63) is 106 Å². The summed E-state index contributed by atoms with van der Waals surface area (Å²) in [5.41, 5.74) is 2.88. The summed E-state index contributed by atoms with van der Waals surface area (Å²) in [7, 11) is 0.